The van der Waals surface area contributed by atoms with Crippen molar-refractivity contribution in [2.75, 3.05) is 13.1 Å². The van der Waals surface area contributed by atoms with Gasteiger partial charge in [-0.05, 0) is 41.5 Å². The zero-order valence-corrected chi connectivity index (χ0v) is 15.5. The highest BCUT2D eigenvalue weighted by molar-refractivity contribution is 5.94. The van der Waals surface area contributed by atoms with E-state index in [0.29, 0.717) is 24.7 Å². The number of rotatable bonds is 4. The molecule has 1 saturated heterocycles. The fraction of sp³-hybridized carbons (Fsp3) is 0.130. The number of pyridine rings is 1. The van der Waals surface area contributed by atoms with Gasteiger partial charge in [0, 0.05) is 17.6 Å². The zero-order chi connectivity index (χ0) is 19.8. The van der Waals surface area contributed by atoms with Crippen molar-refractivity contribution in [1.29, 1.82) is 0 Å². The molecule has 5 rings (SSSR count). The van der Waals surface area contributed by atoms with Crippen molar-refractivity contribution < 1.29 is 13.9 Å². The van der Waals surface area contributed by atoms with E-state index in [9.17, 15) is 9.18 Å². The molecule has 144 valence electrons. The maximum Gasteiger partial charge on any atom is 0.270 e. The number of nitrogens with zero attached hydrogens (tertiary/aromatic N) is 2. The van der Waals surface area contributed by atoms with Crippen LogP contribution in [0.4, 0.5) is 4.39 Å². The number of H-pyrrole nitrogens is 1. The van der Waals surface area contributed by atoms with E-state index < -0.39 is 0 Å². The summed E-state index contributed by atoms with van der Waals surface area (Å²) in [5.74, 6) is 0.206. The molecule has 4 aromatic rings. The second-order valence-electron chi connectivity index (χ2n) is 7.10. The van der Waals surface area contributed by atoms with Crippen LogP contribution in [0.15, 0.2) is 72.9 Å². The number of fused-ring (bicyclic) bond motifs is 1. The summed E-state index contributed by atoms with van der Waals surface area (Å²) >= 11 is 0. The number of aromatic nitrogens is 2. The molecule has 1 aliphatic rings. The Kier molecular flexibility index (Phi) is 4.24. The highest BCUT2D eigenvalue weighted by Gasteiger charge is 2.33. The van der Waals surface area contributed by atoms with Gasteiger partial charge in [-0.25, -0.2) is 9.37 Å². The van der Waals surface area contributed by atoms with Gasteiger partial charge in [-0.3, -0.25) is 4.79 Å². The van der Waals surface area contributed by atoms with Gasteiger partial charge in [0.05, 0.1) is 18.6 Å². The summed E-state index contributed by atoms with van der Waals surface area (Å²) in [4.78, 5) is 21.9. The second kappa shape index (κ2) is 7.05. The van der Waals surface area contributed by atoms with E-state index in [4.69, 9.17) is 4.74 Å². The van der Waals surface area contributed by atoms with Gasteiger partial charge in [-0.2, -0.15) is 0 Å². The smallest absolute Gasteiger partial charge is 0.270 e. The molecule has 6 heteroatoms. The van der Waals surface area contributed by atoms with E-state index in [0.717, 1.165) is 22.0 Å². The molecule has 2 aromatic heterocycles. The minimum atomic E-state index is -0.284. The Balaban J connectivity index is 1.21. The van der Waals surface area contributed by atoms with Crippen LogP contribution in [0.5, 0.6) is 5.88 Å². The first-order chi connectivity index (χ1) is 14.2. The lowest BCUT2D eigenvalue weighted by Crippen LogP contribution is -2.56. The molecule has 2 aromatic carbocycles. The number of halogens is 1. The maximum absolute atomic E-state index is 13.1. The Morgan fingerprint density at radius 3 is 2.66 bits per heavy atom. The Labute approximate surface area is 166 Å². The van der Waals surface area contributed by atoms with Crippen LogP contribution in [0.3, 0.4) is 0 Å². The third kappa shape index (κ3) is 3.45. The molecule has 0 spiro atoms. The summed E-state index contributed by atoms with van der Waals surface area (Å²) in [7, 11) is 0. The van der Waals surface area contributed by atoms with E-state index in [-0.39, 0.29) is 17.8 Å². The molecule has 0 unspecified atom stereocenters. The average Bonchev–Trinajstić information content (AvgIpc) is 3.20. The van der Waals surface area contributed by atoms with Crippen LogP contribution < -0.4 is 4.74 Å². The molecule has 0 radical (unpaired) electrons. The Morgan fingerprint density at radius 2 is 1.83 bits per heavy atom. The minimum Gasteiger partial charge on any atom is -0.471 e. The van der Waals surface area contributed by atoms with E-state index in [1.165, 1.54) is 12.1 Å². The molecule has 1 N–H and O–H groups in total. The van der Waals surface area contributed by atoms with Crippen molar-refractivity contribution in [2.45, 2.75) is 6.10 Å². The van der Waals surface area contributed by atoms with Crippen molar-refractivity contribution in [2.24, 2.45) is 0 Å². The molecule has 1 aliphatic heterocycles. The summed E-state index contributed by atoms with van der Waals surface area (Å²) in [6, 6.07) is 19.7. The van der Waals surface area contributed by atoms with Crippen LogP contribution in [0.2, 0.25) is 0 Å². The normalized spacial score (nSPS) is 14.0. The zero-order valence-electron chi connectivity index (χ0n) is 15.5. The molecule has 0 bridgehead atoms. The lowest BCUT2D eigenvalue weighted by atomic mass is 10.1. The number of carbonyl (C=O) groups is 1. The summed E-state index contributed by atoms with van der Waals surface area (Å²) in [5.41, 5.74) is 3.10. The SMILES string of the molecule is O=C(c1cc(-c2ccc(F)cc2)c[nH]1)N1CC(Oc2ccc3ccccc3n2)C1. The first-order valence-corrected chi connectivity index (χ1v) is 9.42. The number of benzene rings is 2. The number of carbonyl (C=O) groups excluding carboxylic acids is 1. The summed E-state index contributed by atoms with van der Waals surface area (Å²) in [6.07, 6.45) is 1.69. The molecule has 0 atom stereocenters. The lowest BCUT2D eigenvalue weighted by molar-refractivity contribution is 0.0157. The fourth-order valence-electron chi connectivity index (χ4n) is 3.46. The number of hydrogen-bond acceptors (Lipinski definition) is 3. The monoisotopic (exact) mass is 387 g/mol. The van der Waals surface area contributed by atoms with E-state index in [2.05, 4.69) is 9.97 Å². The molecule has 0 saturated carbocycles. The topological polar surface area (TPSA) is 58.2 Å². The number of nitrogens with one attached hydrogen (secondary N) is 1. The Morgan fingerprint density at radius 1 is 1.03 bits per heavy atom. The average molecular weight is 387 g/mol. The van der Waals surface area contributed by atoms with E-state index in [1.807, 2.05) is 36.4 Å². The minimum absolute atomic E-state index is 0.0702. The molecule has 0 aliphatic carbocycles. The highest BCUT2D eigenvalue weighted by atomic mass is 19.1. The molecule has 29 heavy (non-hydrogen) atoms. The summed E-state index contributed by atoms with van der Waals surface area (Å²) < 4.78 is 19.0. The molecular weight excluding hydrogens is 369 g/mol. The Hall–Kier alpha value is -3.67. The van der Waals surface area contributed by atoms with Gasteiger partial charge in [0.2, 0.25) is 5.88 Å². The fourth-order valence-corrected chi connectivity index (χ4v) is 3.46. The first kappa shape index (κ1) is 17.4. The standard InChI is InChI=1S/C23H18FN3O2/c24-18-8-5-15(6-9-18)17-11-21(25-12-17)23(28)27-13-19(14-27)29-22-10-7-16-3-1-2-4-20(16)26-22/h1-12,19,25H,13-14H2. The molecule has 1 fully saturated rings. The summed E-state index contributed by atoms with van der Waals surface area (Å²) in [6.45, 7) is 1.02. The molecule has 1 amide bonds. The van der Waals surface area contributed by atoms with Crippen molar-refractivity contribution in [3.8, 4) is 17.0 Å². The van der Waals surface area contributed by atoms with Crippen LogP contribution in [-0.4, -0.2) is 40.0 Å². The molecule has 5 nitrogen and oxygen atoms in total. The predicted octanol–water partition coefficient (Wildman–Crippen LogP) is 4.27. The number of aromatic amines is 1. The third-order valence-corrected chi connectivity index (χ3v) is 5.09. The van der Waals surface area contributed by atoms with Crippen molar-refractivity contribution in [1.82, 2.24) is 14.9 Å². The van der Waals surface area contributed by atoms with E-state index in [1.54, 1.807) is 29.3 Å². The van der Waals surface area contributed by atoms with Crippen molar-refractivity contribution in [3.63, 3.8) is 0 Å². The quantitative estimate of drug-likeness (QED) is 0.569. The first-order valence-electron chi connectivity index (χ1n) is 9.42. The number of hydrogen-bond donors (Lipinski definition) is 1. The highest BCUT2D eigenvalue weighted by Crippen LogP contribution is 2.24. The maximum atomic E-state index is 13.1. The van der Waals surface area contributed by atoms with Crippen LogP contribution >= 0.6 is 0 Å². The Bertz CT molecular complexity index is 1180. The van der Waals surface area contributed by atoms with Crippen LogP contribution in [-0.2, 0) is 0 Å². The predicted molar refractivity (Wildman–Crippen MR) is 108 cm³/mol. The number of para-hydroxylation sites is 1. The van der Waals surface area contributed by atoms with Gasteiger partial charge in [0.25, 0.3) is 5.91 Å². The molecular formula is C23H18FN3O2. The lowest BCUT2D eigenvalue weighted by Gasteiger charge is -2.38. The summed E-state index contributed by atoms with van der Waals surface area (Å²) in [5, 5.41) is 1.06. The van der Waals surface area contributed by atoms with Crippen molar-refractivity contribution >= 4 is 16.8 Å². The van der Waals surface area contributed by atoms with Crippen molar-refractivity contribution in [3.05, 3.63) is 84.4 Å². The molecule has 3 heterocycles. The van der Waals surface area contributed by atoms with Crippen LogP contribution in [0.1, 0.15) is 10.5 Å². The van der Waals surface area contributed by atoms with Gasteiger partial charge >= 0.3 is 0 Å². The van der Waals surface area contributed by atoms with Gasteiger partial charge in [-0.15, -0.1) is 0 Å². The van der Waals surface area contributed by atoms with Gasteiger partial charge in [-0.1, -0.05) is 30.3 Å². The van der Waals surface area contributed by atoms with Gasteiger partial charge in [0.1, 0.15) is 17.6 Å². The largest absolute Gasteiger partial charge is 0.471 e. The third-order valence-electron chi connectivity index (χ3n) is 5.09. The van der Waals surface area contributed by atoms with Gasteiger partial charge in [0.15, 0.2) is 0 Å². The number of amides is 1. The van der Waals surface area contributed by atoms with Crippen LogP contribution in [0.25, 0.3) is 22.0 Å². The van der Waals surface area contributed by atoms with Gasteiger partial charge < -0.3 is 14.6 Å². The second-order valence-corrected chi connectivity index (χ2v) is 7.10. The van der Waals surface area contributed by atoms with E-state index >= 15 is 0 Å². The number of ether oxygens (including phenoxy) is 1. The number of likely N-dealkylation sites (tertiary alicyclic amines) is 1. The van der Waals surface area contributed by atoms with Crippen LogP contribution in [0, 0.1) is 5.82 Å².